The van der Waals surface area contributed by atoms with Crippen molar-refractivity contribution in [3.05, 3.63) is 44.5 Å². The van der Waals surface area contributed by atoms with Crippen molar-refractivity contribution in [2.24, 2.45) is 7.05 Å². The number of benzene rings is 1. The van der Waals surface area contributed by atoms with Gasteiger partial charge in [0.05, 0.1) is 4.92 Å². The molecule has 0 bridgehead atoms. The fourth-order valence-corrected chi connectivity index (χ4v) is 3.48. The predicted octanol–water partition coefficient (Wildman–Crippen LogP) is 1.03. The van der Waals surface area contributed by atoms with E-state index in [-0.39, 0.29) is 17.2 Å². The third-order valence-electron chi connectivity index (χ3n) is 5.11. The molecule has 1 saturated heterocycles. The third kappa shape index (κ3) is 4.64. The van der Waals surface area contributed by atoms with Gasteiger partial charge < -0.3 is 19.7 Å². The molecule has 2 N–H and O–H groups in total. The number of aromatic nitrogens is 3. The van der Waals surface area contributed by atoms with E-state index in [1.54, 1.807) is 28.6 Å². The van der Waals surface area contributed by atoms with E-state index in [0.29, 0.717) is 55.4 Å². The van der Waals surface area contributed by atoms with E-state index in [1.807, 2.05) is 4.90 Å². The normalized spacial score (nSPS) is 13.9. The van der Waals surface area contributed by atoms with Crippen LogP contribution in [0.3, 0.4) is 0 Å². The van der Waals surface area contributed by atoms with Gasteiger partial charge in [0.2, 0.25) is 5.91 Å². The quantitative estimate of drug-likeness (QED) is 0.395. The molecule has 30 heavy (non-hydrogen) atoms. The minimum absolute atomic E-state index is 0.0106. The molecule has 2 aromatic rings. The molecule has 0 radical (unpaired) electrons. The summed E-state index contributed by atoms with van der Waals surface area (Å²) in [5.74, 6) is 0.290. The Bertz CT molecular complexity index is 1020. The lowest BCUT2D eigenvalue weighted by atomic mass is 10.1. The first kappa shape index (κ1) is 21.4. The van der Waals surface area contributed by atoms with Crippen LogP contribution in [0.15, 0.2) is 18.2 Å². The van der Waals surface area contributed by atoms with E-state index in [1.165, 1.54) is 13.0 Å². The number of nitrogens with one attached hydrogen (secondary N) is 2. The Balaban J connectivity index is 1.67. The lowest BCUT2D eigenvalue weighted by Crippen LogP contribution is -2.48. The average molecular weight is 433 g/mol. The molecule has 1 aromatic carbocycles. The van der Waals surface area contributed by atoms with Gasteiger partial charge in [-0.3, -0.25) is 24.8 Å². The second-order valence-corrected chi connectivity index (χ2v) is 7.35. The molecule has 0 saturated carbocycles. The van der Waals surface area contributed by atoms with Gasteiger partial charge in [0.15, 0.2) is 4.77 Å². The van der Waals surface area contributed by atoms with Crippen molar-refractivity contribution < 1.29 is 14.5 Å². The molecular weight excluding hydrogens is 410 g/mol. The second kappa shape index (κ2) is 9.03. The number of hydrogen-bond acceptors (Lipinski definition) is 7. The molecule has 1 aliphatic heterocycles. The summed E-state index contributed by atoms with van der Waals surface area (Å²) in [6, 6.07) is 4.45. The van der Waals surface area contributed by atoms with Gasteiger partial charge in [-0.25, -0.2) is 0 Å². The number of nitro benzene ring substituents is 1. The topological polar surface area (TPSA) is 129 Å². The predicted molar refractivity (Wildman–Crippen MR) is 112 cm³/mol. The number of amides is 2. The van der Waals surface area contributed by atoms with Crippen LogP contribution in [0.1, 0.15) is 23.1 Å². The molecule has 2 heterocycles. The minimum atomic E-state index is -0.488. The smallest absolute Gasteiger partial charge is 0.293 e. The third-order valence-corrected chi connectivity index (χ3v) is 5.47. The zero-order valence-electron chi connectivity index (χ0n) is 16.8. The summed E-state index contributed by atoms with van der Waals surface area (Å²) >= 11 is 5.05. The number of piperazine rings is 1. The molecule has 0 unspecified atom stereocenters. The maximum atomic E-state index is 12.5. The molecule has 11 nitrogen and oxygen atoms in total. The fourth-order valence-electron chi connectivity index (χ4n) is 3.33. The van der Waals surface area contributed by atoms with E-state index < -0.39 is 10.8 Å². The number of carbonyl (C=O) groups is 2. The number of hydrogen-bond donors (Lipinski definition) is 2. The lowest BCUT2D eigenvalue weighted by molar-refractivity contribution is -0.384. The summed E-state index contributed by atoms with van der Waals surface area (Å²) in [6.07, 6.45) is 0.468. The number of nitro groups is 1. The molecule has 1 aromatic heterocycles. The van der Waals surface area contributed by atoms with Gasteiger partial charge in [0, 0.05) is 64.7 Å². The summed E-state index contributed by atoms with van der Waals surface area (Å²) < 4.78 is 2.21. The van der Waals surface area contributed by atoms with Gasteiger partial charge in [0.1, 0.15) is 11.5 Å². The molecule has 0 aliphatic carbocycles. The molecule has 2 amide bonds. The van der Waals surface area contributed by atoms with Crippen molar-refractivity contribution in [1.29, 1.82) is 0 Å². The van der Waals surface area contributed by atoms with Crippen LogP contribution in [0.5, 0.6) is 0 Å². The van der Waals surface area contributed by atoms with Gasteiger partial charge in [-0.05, 0) is 24.4 Å². The largest absolute Gasteiger partial charge is 0.362 e. The van der Waals surface area contributed by atoms with Crippen LogP contribution < -0.4 is 10.2 Å². The Morgan fingerprint density at radius 2 is 2.00 bits per heavy atom. The van der Waals surface area contributed by atoms with Crippen molar-refractivity contribution in [2.75, 3.05) is 37.6 Å². The monoisotopic (exact) mass is 433 g/mol. The fraction of sp³-hybridized carbons (Fsp3) is 0.444. The summed E-state index contributed by atoms with van der Waals surface area (Å²) in [6.45, 7) is 3.83. The standard InChI is InChI=1S/C18H23N7O4S/c1-12(26)23-7-9-24(10-8-23)14-4-3-13(11-15(14)25(28)29)17(27)19-6-5-16-20-21-18(30)22(16)2/h3-4,11H,5-10H2,1-2H3,(H,19,27)(H,21,30). The molecule has 1 aliphatic rings. The van der Waals surface area contributed by atoms with Crippen LogP contribution in [0.4, 0.5) is 11.4 Å². The van der Waals surface area contributed by atoms with Gasteiger partial charge in [-0.1, -0.05) is 0 Å². The molecule has 160 valence electrons. The Morgan fingerprint density at radius 1 is 1.30 bits per heavy atom. The highest BCUT2D eigenvalue weighted by atomic mass is 32.1. The summed E-state index contributed by atoms with van der Waals surface area (Å²) in [5, 5.41) is 21.1. The zero-order valence-corrected chi connectivity index (χ0v) is 17.6. The van der Waals surface area contributed by atoms with Crippen LogP contribution in [-0.4, -0.2) is 69.1 Å². The summed E-state index contributed by atoms with van der Waals surface area (Å²) in [7, 11) is 1.78. The van der Waals surface area contributed by atoms with Crippen molar-refractivity contribution in [3.63, 3.8) is 0 Å². The van der Waals surface area contributed by atoms with Crippen molar-refractivity contribution in [2.45, 2.75) is 13.3 Å². The Labute approximate surface area is 177 Å². The first-order chi connectivity index (χ1) is 14.3. The van der Waals surface area contributed by atoms with Gasteiger partial charge in [-0.15, -0.1) is 0 Å². The van der Waals surface area contributed by atoms with Crippen molar-refractivity contribution >= 4 is 35.4 Å². The van der Waals surface area contributed by atoms with E-state index >= 15 is 0 Å². The Morgan fingerprint density at radius 3 is 2.57 bits per heavy atom. The molecule has 0 spiro atoms. The maximum Gasteiger partial charge on any atom is 0.293 e. The van der Waals surface area contributed by atoms with E-state index in [4.69, 9.17) is 12.2 Å². The molecule has 12 heteroatoms. The minimum Gasteiger partial charge on any atom is -0.362 e. The number of anilines is 1. The first-order valence-corrected chi connectivity index (χ1v) is 9.86. The highest BCUT2D eigenvalue weighted by Crippen LogP contribution is 2.30. The van der Waals surface area contributed by atoms with Crippen LogP contribution in [0, 0.1) is 14.9 Å². The lowest BCUT2D eigenvalue weighted by Gasteiger charge is -2.35. The molecule has 3 rings (SSSR count). The van der Waals surface area contributed by atoms with Crippen molar-refractivity contribution in [1.82, 2.24) is 25.0 Å². The first-order valence-electron chi connectivity index (χ1n) is 9.45. The van der Waals surface area contributed by atoms with E-state index in [0.717, 1.165) is 0 Å². The number of rotatable bonds is 6. The molecule has 0 atom stereocenters. The Hall–Kier alpha value is -3.28. The number of aromatic amines is 1. The molecular formula is C18H23N7O4S. The van der Waals surface area contributed by atoms with Gasteiger partial charge in [0.25, 0.3) is 11.6 Å². The van der Waals surface area contributed by atoms with Crippen LogP contribution in [-0.2, 0) is 18.3 Å². The Kier molecular flexibility index (Phi) is 6.45. The van der Waals surface area contributed by atoms with Crippen LogP contribution in [0.25, 0.3) is 0 Å². The highest BCUT2D eigenvalue weighted by molar-refractivity contribution is 7.71. The summed E-state index contributed by atoms with van der Waals surface area (Å²) in [5.41, 5.74) is 0.526. The van der Waals surface area contributed by atoms with E-state index in [2.05, 4.69) is 15.5 Å². The highest BCUT2D eigenvalue weighted by Gasteiger charge is 2.25. The van der Waals surface area contributed by atoms with Gasteiger partial charge in [-0.2, -0.15) is 5.10 Å². The average Bonchev–Trinajstić information content (AvgIpc) is 3.05. The van der Waals surface area contributed by atoms with Crippen molar-refractivity contribution in [3.8, 4) is 0 Å². The number of carbonyl (C=O) groups excluding carboxylic acids is 2. The number of H-pyrrole nitrogens is 1. The maximum absolute atomic E-state index is 12.5. The molecule has 1 fully saturated rings. The summed E-state index contributed by atoms with van der Waals surface area (Å²) in [4.78, 5) is 38.6. The second-order valence-electron chi connectivity index (χ2n) is 6.96. The van der Waals surface area contributed by atoms with Gasteiger partial charge >= 0.3 is 0 Å². The zero-order chi connectivity index (χ0) is 21.8. The van der Waals surface area contributed by atoms with E-state index in [9.17, 15) is 19.7 Å². The number of nitrogens with zero attached hydrogens (tertiary/aromatic N) is 5. The van der Waals surface area contributed by atoms with Crippen LogP contribution in [0.2, 0.25) is 0 Å². The SMILES string of the molecule is CC(=O)N1CCN(c2ccc(C(=O)NCCc3n[nH]c(=S)n3C)cc2[N+](=O)[O-])CC1. The van der Waals surface area contributed by atoms with Crippen LogP contribution >= 0.6 is 12.2 Å².